The summed E-state index contributed by atoms with van der Waals surface area (Å²) in [7, 11) is 3.00. The molecule has 2 aromatic carbocycles. The normalized spacial score (nSPS) is 17.2. The fourth-order valence-electron chi connectivity index (χ4n) is 4.27. The predicted octanol–water partition coefficient (Wildman–Crippen LogP) is 5.31. The van der Waals surface area contributed by atoms with Crippen LogP contribution in [0.5, 0.6) is 5.75 Å². The maximum atomic E-state index is 12.0. The highest BCUT2D eigenvalue weighted by atomic mass is 32.1. The van der Waals surface area contributed by atoms with Gasteiger partial charge in [-0.2, -0.15) is 0 Å². The number of methoxy groups -OCH3 is 2. The zero-order valence-corrected chi connectivity index (χ0v) is 20.0. The molecule has 1 aliphatic rings. The van der Waals surface area contributed by atoms with Crippen molar-refractivity contribution in [3.05, 3.63) is 102 Å². The Balaban J connectivity index is 1.58. The van der Waals surface area contributed by atoms with Gasteiger partial charge in [0.1, 0.15) is 23.3 Å². The molecule has 1 N–H and O–H groups in total. The molecule has 7 nitrogen and oxygen atoms in total. The molecule has 0 bridgehead atoms. The van der Waals surface area contributed by atoms with Crippen LogP contribution in [0.2, 0.25) is 0 Å². The Hall–Kier alpha value is -4.17. The molecule has 1 fully saturated rings. The van der Waals surface area contributed by atoms with E-state index in [0.29, 0.717) is 22.2 Å². The van der Waals surface area contributed by atoms with Crippen LogP contribution in [-0.4, -0.2) is 30.3 Å². The number of nitrogens with zero attached hydrogens (tertiary/aromatic N) is 2. The summed E-state index contributed by atoms with van der Waals surface area (Å²) in [6.07, 6.45) is 1.76. The van der Waals surface area contributed by atoms with Crippen molar-refractivity contribution in [1.82, 2.24) is 10.3 Å². The molecule has 176 valence electrons. The van der Waals surface area contributed by atoms with Gasteiger partial charge in [-0.15, -0.1) is 0 Å². The van der Waals surface area contributed by atoms with E-state index in [1.54, 1.807) is 31.5 Å². The number of pyridine rings is 1. The quantitative estimate of drug-likeness (QED) is 0.291. The highest BCUT2D eigenvalue weighted by Crippen LogP contribution is 2.43. The van der Waals surface area contributed by atoms with Crippen molar-refractivity contribution in [1.29, 1.82) is 0 Å². The lowest BCUT2D eigenvalue weighted by atomic mass is 10.0. The van der Waals surface area contributed by atoms with Gasteiger partial charge in [0.2, 0.25) is 0 Å². The number of nitrogens with one attached hydrogen (secondary N) is 1. The Morgan fingerprint density at radius 3 is 2.66 bits per heavy atom. The Morgan fingerprint density at radius 2 is 1.89 bits per heavy atom. The third kappa shape index (κ3) is 4.36. The first-order valence-corrected chi connectivity index (χ1v) is 11.4. The Bertz CT molecular complexity index is 1370. The SMILES string of the molecule is COC(=O)c1cccc(-c2ccc([C@H]3[C@H](c4ccccn4)NC(=S)N3c3cccc(OC)c3)o2)c1. The lowest BCUT2D eigenvalue weighted by molar-refractivity contribution is 0.0601. The van der Waals surface area contributed by atoms with Crippen molar-refractivity contribution >= 4 is 29.0 Å². The fraction of sp³-hybridized carbons (Fsp3) is 0.148. The number of carbonyl (C=O) groups is 1. The van der Waals surface area contributed by atoms with E-state index in [0.717, 1.165) is 22.7 Å². The van der Waals surface area contributed by atoms with Gasteiger partial charge in [-0.1, -0.05) is 24.3 Å². The summed E-state index contributed by atoms with van der Waals surface area (Å²) in [6, 6.07) is 24.0. The second kappa shape index (κ2) is 9.60. The van der Waals surface area contributed by atoms with Gasteiger partial charge in [0.05, 0.1) is 31.5 Å². The minimum Gasteiger partial charge on any atom is -0.497 e. The number of hydrogen-bond donors (Lipinski definition) is 1. The maximum Gasteiger partial charge on any atom is 0.337 e. The first kappa shape index (κ1) is 22.6. The molecule has 4 aromatic rings. The highest BCUT2D eigenvalue weighted by molar-refractivity contribution is 7.80. The number of ether oxygens (including phenoxy) is 2. The molecule has 0 spiro atoms. The molecule has 0 unspecified atom stereocenters. The minimum absolute atomic E-state index is 0.240. The number of anilines is 1. The number of carbonyl (C=O) groups excluding carboxylic acids is 1. The molecular formula is C27H23N3O4S. The van der Waals surface area contributed by atoms with Crippen LogP contribution in [0.15, 0.2) is 89.5 Å². The van der Waals surface area contributed by atoms with Gasteiger partial charge in [-0.05, 0) is 60.7 Å². The standard InChI is InChI=1S/C27H23N3O4S/c1-32-20-10-6-9-19(16-20)30-25(24(29-27(30)35)21-11-3-4-14-28-21)23-13-12-22(34-23)17-7-5-8-18(15-17)26(31)33-2/h3-16,24-25H,1-2H3,(H,29,35)/t24-,25-/m0/s1. The summed E-state index contributed by atoms with van der Waals surface area (Å²) >= 11 is 5.77. The summed E-state index contributed by atoms with van der Waals surface area (Å²) in [4.78, 5) is 18.6. The van der Waals surface area contributed by atoms with Gasteiger partial charge in [0.25, 0.3) is 0 Å². The van der Waals surface area contributed by atoms with Gasteiger partial charge >= 0.3 is 5.97 Å². The third-order valence-corrected chi connectivity index (χ3v) is 6.23. The van der Waals surface area contributed by atoms with Crippen LogP contribution < -0.4 is 15.0 Å². The second-order valence-corrected chi connectivity index (χ2v) is 8.36. The zero-order chi connectivity index (χ0) is 24.4. The predicted molar refractivity (Wildman–Crippen MR) is 136 cm³/mol. The van der Waals surface area contributed by atoms with Crippen LogP contribution in [0.25, 0.3) is 11.3 Å². The van der Waals surface area contributed by atoms with Crippen molar-refractivity contribution in [2.24, 2.45) is 0 Å². The van der Waals surface area contributed by atoms with Crippen molar-refractivity contribution in [2.45, 2.75) is 12.1 Å². The largest absolute Gasteiger partial charge is 0.497 e. The van der Waals surface area contributed by atoms with Gasteiger partial charge in [-0.3, -0.25) is 4.98 Å². The van der Waals surface area contributed by atoms with Crippen LogP contribution in [0.1, 0.15) is 33.9 Å². The van der Waals surface area contributed by atoms with E-state index in [2.05, 4.69) is 10.3 Å². The lowest BCUT2D eigenvalue weighted by Gasteiger charge is -2.26. The second-order valence-electron chi connectivity index (χ2n) is 7.97. The van der Waals surface area contributed by atoms with E-state index in [1.807, 2.05) is 65.6 Å². The summed E-state index contributed by atoms with van der Waals surface area (Å²) in [6.45, 7) is 0. The smallest absolute Gasteiger partial charge is 0.337 e. The third-order valence-electron chi connectivity index (χ3n) is 5.92. The van der Waals surface area contributed by atoms with Crippen molar-refractivity contribution in [2.75, 3.05) is 19.1 Å². The van der Waals surface area contributed by atoms with Crippen molar-refractivity contribution < 1.29 is 18.7 Å². The van der Waals surface area contributed by atoms with Crippen molar-refractivity contribution in [3.63, 3.8) is 0 Å². The molecule has 35 heavy (non-hydrogen) atoms. The summed E-state index contributed by atoms with van der Waals surface area (Å²) in [5.74, 6) is 1.66. The first-order valence-electron chi connectivity index (χ1n) is 11.0. The van der Waals surface area contributed by atoms with Gasteiger partial charge in [0, 0.05) is 23.5 Å². The number of thiocarbonyl (C=S) groups is 1. The summed E-state index contributed by atoms with van der Waals surface area (Å²) in [5, 5.41) is 3.98. The van der Waals surface area contributed by atoms with E-state index >= 15 is 0 Å². The van der Waals surface area contributed by atoms with E-state index in [-0.39, 0.29) is 12.1 Å². The molecule has 0 radical (unpaired) electrons. The van der Waals surface area contributed by atoms with Crippen LogP contribution in [0, 0.1) is 0 Å². The van der Waals surface area contributed by atoms with E-state index in [4.69, 9.17) is 26.1 Å². The molecule has 2 atom stereocenters. The van der Waals surface area contributed by atoms with Crippen LogP contribution >= 0.6 is 12.2 Å². The Labute approximate surface area is 208 Å². The van der Waals surface area contributed by atoms with Gasteiger partial charge < -0.3 is 24.1 Å². The van der Waals surface area contributed by atoms with Crippen molar-refractivity contribution in [3.8, 4) is 17.1 Å². The number of aromatic nitrogens is 1. The van der Waals surface area contributed by atoms with Crippen LogP contribution in [-0.2, 0) is 4.74 Å². The summed E-state index contributed by atoms with van der Waals surface area (Å²) < 4.78 is 16.7. The Kier molecular flexibility index (Phi) is 6.20. The Morgan fingerprint density at radius 1 is 1.03 bits per heavy atom. The first-order chi connectivity index (χ1) is 17.1. The zero-order valence-electron chi connectivity index (χ0n) is 19.2. The summed E-state index contributed by atoms with van der Waals surface area (Å²) in [5.41, 5.74) is 2.94. The lowest BCUT2D eigenvalue weighted by Crippen LogP contribution is -2.29. The monoisotopic (exact) mass is 485 g/mol. The molecule has 5 rings (SSSR count). The van der Waals surface area contributed by atoms with E-state index in [1.165, 1.54) is 7.11 Å². The minimum atomic E-state index is -0.400. The van der Waals surface area contributed by atoms with Gasteiger partial charge in [-0.25, -0.2) is 4.79 Å². The number of furan rings is 1. The van der Waals surface area contributed by atoms with E-state index in [9.17, 15) is 4.79 Å². The van der Waals surface area contributed by atoms with Crippen LogP contribution in [0.3, 0.4) is 0 Å². The molecule has 0 amide bonds. The molecule has 3 heterocycles. The molecule has 1 saturated heterocycles. The molecule has 8 heteroatoms. The average molecular weight is 486 g/mol. The molecule has 1 aliphatic heterocycles. The fourth-order valence-corrected chi connectivity index (χ4v) is 4.61. The molecular weight excluding hydrogens is 462 g/mol. The maximum absolute atomic E-state index is 12.0. The van der Waals surface area contributed by atoms with Gasteiger partial charge in [0.15, 0.2) is 5.11 Å². The molecule has 0 aliphatic carbocycles. The number of rotatable bonds is 6. The molecule has 2 aromatic heterocycles. The molecule has 0 saturated carbocycles. The number of benzene rings is 2. The topological polar surface area (TPSA) is 76.8 Å². The van der Waals surface area contributed by atoms with Crippen LogP contribution in [0.4, 0.5) is 5.69 Å². The average Bonchev–Trinajstić information content (AvgIpc) is 3.53. The van der Waals surface area contributed by atoms with E-state index < -0.39 is 5.97 Å². The number of esters is 1. The highest BCUT2D eigenvalue weighted by Gasteiger charge is 2.42. The number of hydrogen-bond acceptors (Lipinski definition) is 6.